The summed E-state index contributed by atoms with van der Waals surface area (Å²) in [6.45, 7) is 12.2. The summed E-state index contributed by atoms with van der Waals surface area (Å²) in [4.78, 5) is 44.9. The maximum Gasteiger partial charge on any atom is 0.410 e. The van der Waals surface area contributed by atoms with Gasteiger partial charge in [-0.2, -0.15) is 0 Å². The second-order valence-electron chi connectivity index (χ2n) is 10.5. The number of nitrogens with one attached hydrogen (secondary N) is 2. The fraction of sp³-hybridized carbons (Fsp3) is 0.520. The Morgan fingerprint density at radius 1 is 1.03 bits per heavy atom. The Labute approximate surface area is 200 Å². The first kappa shape index (κ1) is 25.3. The van der Waals surface area contributed by atoms with Crippen molar-refractivity contribution in [1.29, 1.82) is 0 Å². The normalized spacial score (nSPS) is 14.7. The molecule has 9 heteroatoms. The molecule has 1 aliphatic rings. The predicted molar refractivity (Wildman–Crippen MR) is 129 cm³/mol. The van der Waals surface area contributed by atoms with Gasteiger partial charge in [0.2, 0.25) is 5.91 Å². The zero-order valence-corrected chi connectivity index (χ0v) is 21.1. The van der Waals surface area contributed by atoms with E-state index in [9.17, 15) is 14.4 Å². The van der Waals surface area contributed by atoms with E-state index in [-0.39, 0.29) is 18.1 Å². The summed E-state index contributed by atoms with van der Waals surface area (Å²) in [6.07, 6.45) is -0.439. The monoisotopic (exact) mass is 469 g/mol. The van der Waals surface area contributed by atoms with Gasteiger partial charge in [-0.05, 0) is 26.2 Å². The summed E-state index contributed by atoms with van der Waals surface area (Å²) in [7, 11) is 1.54. The lowest BCUT2D eigenvalue weighted by Crippen LogP contribution is -2.53. The molecule has 2 aromatic rings. The van der Waals surface area contributed by atoms with Crippen LogP contribution in [-0.2, 0) is 22.6 Å². The molecule has 2 heterocycles. The van der Waals surface area contributed by atoms with Gasteiger partial charge in [-0.15, -0.1) is 0 Å². The van der Waals surface area contributed by atoms with Gasteiger partial charge in [0.25, 0.3) is 5.91 Å². The van der Waals surface area contributed by atoms with Crippen molar-refractivity contribution in [2.75, 3.05) is 13.6 Å². The fourth-order valence-electron chi connectivity index (χ4n) is 3.86. The number of amides is 3. The number of aromatic nitrogens is 2. The molecule has 34 heavy (non-hydrogen) atoms. The molecule has 1 aliphatic heterocycles. The summed E-state index contributed by atoms with van der Waals surface area (Å²) in [5.74, 6) is -0.0927. The van der Waals surface area contributed by atoms with Gasteiger partial charge in [0.05, 0.1) is 12.2 Å². The second-order valence-corrected chi connectivity index (χ2v) is 10.5. The predicted octanol–water partition coefficient (Wildman–Crippen LogP) is 3.19. The van der Waals surface area contributed by atoms with Crippen LogP contribution in [0.25, 0.3) is 11.4 Å². The molecule has 9 nitrogen and oxygen atoms in total. The average Bonchev–Trinajstić information content (AvgIpc) is 3.14. The highest BCUT2D eigenvalue weighted by atomic mass is 16.6. The second kappa shape index (κ2) is 9.48. The Balaban J connectivity index is 2.00. The molecular formula is C25H35N5O4. The van der Waals surface area contributed by atoms with E-state index >= 15 is 0 Å². The SMILES string of the molecule is CNC(=O)[C@@H](NC(=O)c1nc(-c2ccccc2)n2c1CN(C(=O)OC(C)(C)C)CC2)C(C)(C)C. The van der Waals surface area contributed by atoms with Crippen LogP contribution in [0.5, 0.6) is 0 Å². The molecule has 184 valence electrons. The lowest BCUT2D eigenvalue weighted by Gasteiger charge is -2.32. The molecule has 1 aromatic heterocycles. The molecule has 0 radical (unpaired) electrons. The van der Waals surface area contributed by atoms with Crippen LogP contribution in [0.1, 0.15) is 57.7 Å². The Kier molecular flexibility index (Phi) is 7.05. The van der Waals surface area contributed by atoms with Crippen molar-refractivity contribution in [3.8, 4) is 11.4 Å². The van der Waals surface area contributed by atoms with Gasteiger partial charge >= 0.3 is 6.09 Å². The van der Waals surface area contributed by atoms with Crippen molar-refractivity contribution in [2.45, 2.75) is 66.3 Å². The Morgan fingerprint density at radius 3 is 2.24 bits per heavy atom. The van der Waals surface area contributed by atoms with Gasteiger partial charge in [0, 0.05) is 25.7 Å². The van der Waals surface area contributed by atoms with Crippen molar-refractivity contribution in [1.82, 2.24) is 25.1 Å². The van der Waals surface area contributed by atoms with Crippen LogP contribution in [0.15, 0.2) is 30.3 Å². The van der Waals surface area contributed by atoms with Crippen LogP contribution in [0, 0.1) is 5.41 Å². The average molecular weight is 470 g/mol. The van der Waals surface area contributed by atoms with Crippen LogP contribution in [-0.4, -0.2) is 57.6 Å². The number of nitrogens with zero attached hydrogens (tertiary/aromatic N) is 3. The third-order valence-corrected chi connectivity index (χ3v) is 5.56. The number of ether oxygens (including phenoxy) is 1. The summed E-state index contributed by atoms with van der Waals surface area (Å²) in [5, 5.41) is 5.48. The summed E-state index contributed by atoms with van der Waals surface area (Å²) >= 11 is 0. The van der Waals surface area contributed by atoms with Crippen molar-refractivity contribution in [3.63, 3.8) is 0 Å². The minimum Gasteiger partial charge on any atom is -0.444 e. The number of benzene rings is 1. The molecular weight excluding hydrogens is 434 g/mol. The maximum atomic E-state index is 13.4. The zero-order chi connectivity index (χ0) is 25.3. The van der Waals surface area contributed by atoms with Crippen molar-refractivity contribution < 1.29 is 19.1 Å². The largest absolute Gasteiger partial charge is 0.444 e. The molecule has 1 aromatic carbocycles. The van der Waals surface area contributed by atoms with Gasteiger partial charge in [0.15, 0.2) is 5.69 Å². The minimum absolute atomic E-state index is 0.178. The van der Waals surface area contributed by atoms with E-state index in [1.807, 2.05) is 76.4 Å². The van der Waals surface area contributed by atoms with Crippen LogP contribution in [0.2, 0.25) is 0 Å². The van der Waals surface area contributed by atoms with Gasteiger partial charge in [-0.3, -0.25) is 9.59 Å². The molecule has 3 rings (SSSR count). The van der Waals surface area contributed by atoms with Crippen LogP contribution < -0.4 is 10.6 Å². The van der Waals surface area contributed by atoms with Gasteiger partial charge in [-0.25, -0.2) is 9.78 Å². The van der Waals surface area contributed by atoms with Gasteiger partial charge in [-0.1, -0.05) is 51.1 Å². The number of likely N-dealkylation sites (N-methyl/N-ethyl adjacent to an activating group) is 1. The standard InChI is InChI=1S/C25H35N5O4/c1-24(2,3)19(22(32)26-7)28-21(31)18-17-15-29(23(33)34-25(4,5)6)13-14-30(17)20(27-18)16-11-9-8-10-12-16/h8-12,19H,13-15H2,1-7H3,(H,26,32)(H,28,31)/t19-/m1/s1. The van der Waals surface area contributed by atoms with E-state index < -0.39 is 29.1 Å². The minimum atomic E-state index is -0.756. The molecule has 1 atom stereocenters. The first-order valence-electron chi connectivity index (χ1n) is 11.5. The highest BCUT2D eigenvalue weighted by molar-refractivity contribution is 5.98. The molecule has 0 spiro atoms. The van der Waals surface area contributed by atoms with E-state index in [1.54, 1.807) is 4.90 Å². The van der Waals surface area contributed by atoms with E-state index in [4.69, 9.17) is 9.72 Å². The highest BCUT2D eigenvalue weighted by Gasteiger charge is 2.36. The fourth-order valence-corrected chi connectivity index (χ4v) is 3.86. The first-order chi connectivity index (χ1) is 15.8. The lowest BCUT2D eigenvalue weighted by atomic mass is 9.86. The molecule has 3 amide bonds. The van der Waals surface area contributed by atoms with Crippen LogP contribution in [0.3, 0.4) is 0 Å². The number of carbonyl (C=O) groups is 3. The topological polar surface area (TPSA) is 106 Å². The number of rotatable bonds is 4. The number of imidazole rings is 1. The number of hydrogen-bond donors (Lipinski definition) is 2. The Hall–Kier alpha value is -3.36. The van der Waals surface area contributed by atoms with Crippen molar-refractivity contribution >= 4 is 17.9 Å². The third-order valence-electron chi connectivity index (χ3n) is 5.56. The number of fused-ring (bicyclic) bond motifs is 1. The number of hydrogen-bond acceptors (Lipinski definition) is 5. The summed E-state index contributed by atoms with van der Waals surface area (Å²) in [6, 6.07) is 8.84. The zero-order valence-electron chi connectivity index (χ0n) is 21.1. The molecule has 0 bridgehead atoms. The van der Waals surface area contributed by atoms with Gasteiger partial charge in [0.1, 0.15) is 17.5 Å². The van der Waals surface area contributed by atoms with Crippen LogP contribution in [0.4, 0.5) is 4.79 Å². The van der Waals surface area contributed by atoms with Gasteiger partial charge < -0.3 is 24.8 Å². The summed E-state index contributed by atoms with van der Waals surface area (Å²) in [5.41, 5.74) is 0.535. The van der Waals surface area contributed by atoms with E-state index in [0.29, 0.717) is 24.6 Å². The first-order valence-corrected chi connectivity index (χ1v) is 11.5. The Morgan fingerprint density at radius 2 is 1.68 bits per heavy atom. The van der Waals surface area contributed by atoms with Crippen LogP contribution >= 0.6 is 0 Å². The highest BCUT2D eigenvalue weighted by Crippen LogP contribution is 2.28. The van der Waals surface area contributed by atoms with E-state index in [1.165, 1.54) is 7.05 Å². The maximum absolute atomic E-state index is 13.4. The Bertz CT molecular complexity index is 1060. The number of carbonyl (C=O) groups excluding carboxylic acids is 3. The molecule has 0 saturated heterocycles. The van der Waals surface area contributed by atoms with Crippen molar-refractivity contribution in [2.24, 2.45) is 5.41 Å². The molecule has 2 N–H and O–H groups in total. The van der Waals surface area contributed by atoms with Crippen molar-refractivity contribution in [3.05, 3.63) is 41.7 Å². The molecule has 0 saturated carbocycles. The van der Waals surface area contributed by atoms with E-state index in [2.05, 4.69) is 10.6 Å². The third kappa shape index (κ3) is 5.58. The summed E-state index contributed by atoms with van der Waals surface area (Å²) < 4.78 is 7.51. The molecule has 0 fully saturated rings. The molecule has 0 aliphatic carbocycles. The molecule has 0 unspecified atom stereocenters. The smallest absolute Gasteiger partial charge is 0.410 e. The lowest BCUT2D eigenvalue weighted by molar-refractivity contribution is -0.124. The quantitative estimate of drug-likeness (QED) is 0.715. The van der Waals surface area contributed by atoms with E-state index in [0.717, 1.165) is 5.56 Å².